The number of alkyl halides is 3. The van der Waals surface area contributed by atoms with Crippen molar-refractivity contribution < 1.29 is 22.7 Å². The van der Waals surface area contributed by atoms with Crippen LogP contribution in [-0.2, 0) is 28.5 Å². The van der Waals surface area contributed by atoms with E-state index in [9.17, 15) is 18.0 Å². The molecule has 20 heavy (non-hydrogen) atoms. The second-order valence-electron chi connectivity index (χ2n) is 4.11. The van der Waals surface area contributed by atoms with Crippen LogP contribution in [0.1, 0.15) is 36.1 Å². The van der Waals surface area contributed by atoms with Crippen LogP contribution in [0.4, 0.5) is 13.2 Å². The summed E-state index contributed by atoms with van der Waals surface area (Å²) >= 11 is 0. The van der Waals surface area contributed by atoms with Crippen molar-refractivity contribution in [1.29, 1.82) is 5.26 Å². The fraction of sp³-hybridized carbons (Fsp3) is 0.429. The van der Waals surface area contributed by atoms with Crippen LogP contribution in [0, 0.1) is 11.3 Å². The van der Waals surface area contributed by atoms with E-state index in [1.807, 2.05) is 0 Å². The summed E-state index contributed by atoms with van der Waals surface area (Å²) in [5, 5.41) is 8.80. The zero-order valence-electron chi connectivity index (χ0n) is 11.2. The summed E-state index contributed by atoms with van der Waals surface area (Å²) in [6.45, 7) is 3.37. The Kier molecular flexibility index (Phi) is 5.14. The van der Waals surface area contributed by atoms with E-state index in [2.05, 4.69) is 0 Å². The third-order valence-corrected chi connectivity index (χ3v) is 2.78. The van der Waals surface area contributed by atoms with Gasteiger partial charge in [-0.15, -0.1) is 0 Å². The molecule has 0 bridgehead atoms. The molecule has 108 valence electrons. The summed E-state index contributed by atoms with van der Waals surface area (Å²) in [5.74, 6) is -0.711. The van der Waals surface area contributed by atoms with Crippen molar-refractivity contribution in [2.45, 2.75) is 32.9 Å². The molecule has 0 fully saturated rings. The molecule has 0 aliphatic heterocycles. The molecule has 0 N–H and O–H groups in total. The molecule has 0 atom stereocenters. The van der Waals surface area contributed by atoms with Crippen LogP contribution < -0.4 is 0 Å². The minimum absolute atomic E-state index is 0.0678. The highest BCUT2D eigenvalue weighted by atomic mass is 19.4. The van der Waals surface area contributed by atoms with Gasteiger partial charge in [0.1, 0.15) is 0 Å². The number of aryl methyl sites for hydroxylation is 1. The summed E-state index contributed by atoms with van der Waals surface area (Å²) in [7, 11) is 0. The van der Waals surface area contributed by atoms with Gasteiger partial charge in [0.2, 0.25) is 0 Å². The molecule has 1 rings (SSSR count). The molecule has 1 aromatic rings. The smallest absolute Gasteiger partial charge is 0.416 e. The van der Waals surface area contributed by atoms with E-state index in [1.165, 1.54) is 6.07 Å². The Hall–Kier alpha value is -2.03. The van der Waals surface area contributed by atoms with Crippen molar-refractivity contribution in [2.24, 2.45) is 0 Å². The Morgan fingerprint density at radius 2 is 2.00 bits per heavy atom. The predicted octanol–water partition coefficient (Wildman–Crippen LogP) is 3.25. The Morgan fingerprint density at radius 3 is 2.45 bits per heavy atom. The van der Waals surface area contributed by atoms with Gasteiger partial charge in [0.15, 0.2) is 0 Å². The van der Waals surface area contributed by atoms with E-state index in [0.717, 1.165) is 6.07 Å². The predicted molar refractivity (Wildman–Crippen MR) is 65.9 cm³/mol. The number of halogens is 3. The fourth-order valence-electron chi connectivity index (χ4n) is 1.93. The second kappa shape index (κ2) is 6.42. The first-order valence-corrected chi connectivity index (χ1v) is 6.12. The topological polar surface area (TPSA) is 50.1 Å². The van der Waals surface area contributed by atoms with Gasteiger partial charge in [-0.25, -0.2) is 0 Å². The quantitative estimate of drug-likeness (QED) is 0.798. The van der Waals surface area contributed by atoms with Crippen LogP contribution in [0.15, 0.2) is 12.1 Å². The molecule has 0 unspecified atom stereocenters. The largest absolute Gasteiger partial charge is 0.466 e. The van der Waals surface area contributed by atoms with Crippen LogP contribution in [-0.4, -0.2) is 12.6 Å². The maximum absolute atomic E-state index is 13.1. The van der Waals surface area contributed by atoms with Crippen LogP contribution >= 0.6 is 0 Å². The zero-order valence-corrected chi connectivity index (χ0v) is 11.2. The van der Waals surface area contributed by atoms with Gasteiger partial charge in [-0.2, -0.15) is 18.4 Å². The van der Waals surface area contributed by atoms with Crippen LogP contribution in [0.25, 0.3) is 0 Å². The SMILES string of the molecule is CCOC(=O)Cc1c(CC)cc(C#N)cc1C(F)(F)F. The molecular weight excluding hydrogens is 271 g/mol. The minimum atomic E-state index is -4.61. The minimum Gasteiger partial charge on any atom is -0.466 e. The lowest BCUT2D eigenvalue weighted by atomic mass is 9.93. The highest BCUT2D eigenvalue weighted by Gasteiger charge is 2.35. The van der Waals surface area contributed by atoms with Crippen molar-refractivity contribution in [2.75, 3.05) is 6.61 Å². The first-order chi connectivity index (χ1) is 9.33. The molecule has 0 aromatic heterocycles. The molecule has 0 spiro atoms. The third-order valence-electron chi connectivity index (χ3n) is 2.78. The van der Waals surface area contributed by atoms with E-state index in [-0.39, 0.29) is 17.7 Å². The molecule has 1 aromatic carbocycles. The number of hydrogen-bond acceptors (Lipinski definition) is 3. The first kappa shape index (κ1) is 16.0. The molecule has 3 nitrogen and oxygen atoms in total. The van der Waals surface area contributed by atoms with Crippen LogP contribution in [0.3, 0.4) is 0 Å². The number of nitriles is 1. The number of carbonyl (C=O) groups excluding carboxylic acids is 1. The van der Waals surface area contributed by atoms with Crippen molar-refractivity contribution >= 4 is 5.97 Å². The van der Waals surface area contributed by atoms with Crippen LogP contribution in [0.2, 0.25) is 0 Å². The number of carbonyl (C=O) groups is 1. The Bertz CT molecular complexity index is 545. The molecule has 0 amide bonds. The van der Waals surface area contributed by atoms with Crippen LogP contribution in [0.5, 0.6) is 0 Å². The van der Waals surface area contributed by atoms with E-state index in [1.54, 1.807) is 19.9 Å². The maximum atomic E-state index is 13.1. The molecule has 0 heterocycles. The van der Waals surface area contributed by atoms with Crippen molar-refractivity contribution in [3.8, 4) is 6.07 Å². The molecule has 0 aliphatic rings. The zero-order chi connectivity index (χ0) is 15.3. The molecular formula is C14H14F3NO2. The standard InChI is InChI=1S/C14H14F3NO2/c1-3-10-5-9(8-18)6-12(14(15,16)17)11(10)7-13(19)20-4-2/h5-6H,3-4,7H2,1-2H3. The highest BCUT2D eigenvalue weighted by molar-refractivity contribution is 5.74. The fourth-order valence-corrected chi connectivity index (χ4v) is 1.93. The summed E-state index contributed by atoms with van der Waals surface area (Å²) in [5.41, 5.74) is -0.787. The second-order valence-corrected chi connectivity index (χ2v) is 4.11. The lowest BCUT2D eigenvalue weighted by Crippen LogP contribution is -2.17. The van der Waals surface area contributed by atoms with Crippen molar-refractivity contribution in [3.05, 3.63) is 34.4 Å². The average molecular weight is 285 g/mol. The lowest BCUT2D eigenvalue weighted by molar-refractivity contribution is -0.143. The first-order valence-electron chi connectivity index (χ1n) is 6.12. The van der Waals surface area contributed by atoms with Crippen molar-refractivity contribution in [3.63, 3.8) is 0 Å². The molecule has 0 saturated carbocycles. The molecule has 0 saturated heterocycles. The Balaban J connectivity index is 3.38. The molecule has 0 aliphatic carbocycles. The number of hydrogen-bond donors (Lipinski definition) is 0. The normalized spacial score (nSPS) is 11.0. The van der Waals surface area contributed by atoms with E-state index in [4.69, 9.17) is 10.00 Å². The van der Waals surface area contributed by atoms with E-state index < -0.39 is 24.1 Å². The van der Waals surface area contributed by atoms with Gasteiger partial charge in [-0.1, -0.05) is 6.92 Å². The summed E-state index contributed by atoms with van der Waals surface area (Å²) < 4.78 is 43.9. The number of nitrogens with zero attached hydrogens (tertiary/aromatic N) is 1. The number of rotatable bonds is 4. The lowest BCUT2D eigenvalue weighted by Gasteiger charge is -2.16. The highest BCUT2D eigenvalue weighted by Crippen LogP contribution is 2.35. The van der Waals surface area contributed by atoms with Gasteiger partial charge in [-0.05, 0) is 36.6 Å². The van der Waals surface area contributed by atoms with Gasteiger partial charge in [0, 0.05) is 0 Å². The van der Waals surface area contributed by atoms with E-state index in [0.29, 0.717) is 12.0 Å². The van der Waals surface area contributed by atoms with Gasteiger partial charge in [0.05, 0.1) is 30.2 Å². The summed E-state index contributed by atoms with van der Waals surface area (Å²) in [4.78, 5) is 11.5. The Morgan fingerprint density at radius 1 is 1.35 bits per heavy atom. The van der Waals surface area contributed by atoms with Gasteiger partial charge >= 0.3 is 12.1 Å². The number of ether oxygens (including phenoxy) is 1. The molecule has 0 radical (unpaired) electrons. The van der Waals surface area contributed by atoms with Gasteiger partial charge < -0.3 is 4.74 Å². The maximum Gasteiger partial charge on any atom is 0.416 e. The monoisotopic (exact) mass is 285 g/mol. The van der Waals surface area contributed by atoms with Gasteiger partial charge in [0.25, 0.3) is 0 Å². The average Bonchev–Trinajstić information content (AvgIpc) is 2.37. The number of benzene rings is 1. The van der Waals surface area contributed by atoms with Crippen molar-refractivity contribution in [1.82, 2.24) is 0 Å². The Labute approximate surface area is 115 Å². The van der Waals surface area contributed by atoms with Gasteiger partial charge in [-0.3, -0.25) is 4.79 Å². The third kappa shape index (κ3) is 3.73. The summed E-state index contributed by atoms with van der Waals surface area (Å²) in [6.07, 6.45) is -4.76. The summed E-state index contributed by atoms with van der Waals surface area (Å²) in [6, 6.07) is 3.85. The molecule has 6 heteroatoms. The number of esters is 1. The van der Waals surface area contributed by atoms with E-state index >= 15 is 0 Å².